The fourth-order valence-corrected chi connectivity index (χ4v) is 1.74. The number of hydrogen-bond donors (Lipinski definition) is 3. The van der Waals surface area contributed by atoms with E-state index in [2.05, 4.69) is 0 Å². The van der Waals surface area contributed by atoms with E-state index < -0.39 is 18.3 Å². The fourth-order valence-electron chi connectivity index (χ4n) is 1.74. The number of rotatable bonds is 0. The van der Waals surface area contributed by atoms with Gasteiger partial charge in [0.25, 0.3) is 0 Å². The first kappa shape index (κ1) is 8.97. The average molecular weight is 160 g/mol. The van der Waals surface area contributed by atoms with Crippen LogP contribution in [-0.4, -0.2) is 33.6 Å². The fraction of sp³-hybridized carbons (Fsp3) is 1.00. The zero-order chi connectivity index (χ0) is 8.59. The van der Waals surface area contributed by atoms with Crippen LogP contribution >= 0.6 is 0 Å². The molecular formula is C8H16O3. The van der Waals surface area contributed by atoms with E-state index in [4.69, 9.17) is 0 Å². The van der Waals surface area contributed by atoms with Crippen molar-refractivity contribution in [2.24, 2.45) is 11.8 Å². The Morgan fingerprint density at radius 2 is 1.18 bits per heavy atom. The second kappa shape index (κ2) is 3.09. The van der Waals surface area contributed by atoms with Crippen molar-refractivity contribution in [3.63, 3.8) is 0 Å². The molecule has 0 spiro atoms. The monoisotopic (exact) mass is 160 g/mol. The molecule has 0 heterocycles. The van der Waals surface area contributed by atoms with Gasteiger partial charge in [-0.2, -0.15) is 0 Å². The van der Waals surface area contributed by atoms with Crippen molar-refractivity contribution < 1.29 is 15.3 Å². The molecule has 0 aromatic carbocycles. The van der Waals surface area contributed by atoms with Gasteiger partial charge in [0.2, 0.25) is 0 Å². The van der Waals surface area contributed by atoms with Crippen LogP contribution in [0.5, 0.6) is 0 Å². The Morgan fingerprint density at radius 3 is 1.55 bits per heavy atom. The van der Waals surface area contributed by atoms with Crippen LogP contribution in [0.25, 0.3) is 0 Å². The van der Waals surface area contributed by atoms with Gasteiger partial charge >= 0.3 is 0 Å². The van der Waals surface area contributed by atoms with Crippen LogP contribution < -0.4 is 0 Å². The minimum absolute atomic E-state index is 0.0865. The summed E-state index contributed by atoms with van der Waals surface area (Å²) in [6.07, 6.45) is -1.71. The molecule has 1 rings (SSSR count). The van der Waals surface area contributed by atoms with Gasteiger partial charge in [-0.15, -0.1) is 0 Å². The van der Waals surface area contributed by atoms with Gasteiger partial charge in [-0.1, -0.05) is 13.8 Å². The summed E-state index contributed by atoms with van der Waals surface area (Å²) in [5, 5.41) is 27.9. The van der Waals surface area contributed by atoms with Crippen LogP contribution in [0.4, 0.5) is 0 Å². The Bertz CT molecular complexity index is 123. The molecule has 0 amide bonds. The summed E-state index contributed by atoms with van der Waals surface area (Å²) in [5.74, 6) is 0.173. The van der Waals surface area contributed by atoms with E-state index in [-0.39, 0.29) is 11.8 Å². The van der Waals surface area contributed by atoms with E-state index >= 15 is 0 Å². The third kappa shape index (κ3) is 1.55. The lowest BCUT2D eigenvalue weighted by Crippen LogP contribution is -2.49. The van der Waals surface area contributed by atoms with Gasteiger partial charge in [0.15, 0.2) is 0 Å². The first-order valence-corrected chi connectivity index (χ1v) is 4.08. The highest BCUT2D eigenvalue weighted by Crippen LogP contribution is 2.29. The summed E-state index contributed by atoms with van der Waals surface area (Å²) in [6, 6.07) is 0. The minimum Gasteiger partial charge on any atom is -0.390 e. The maximum atomic E-state index is 9.32. The molecule has 0 bridgehead atoms. The largest absolute Gasteiger partial charge is 0.390 e. The molecule has 1 saturated carbocycles. The Kier molecular flexibility index (Phi) is 2.52. The van der Waals surface area contributed by atoms with Crippen LogP contribution in [0.1, 0.15) is 20.3 Å². The van der Waals surface area contributed by atoms with Crippen molar-refractivity contribution in [2.45, 2.75) is 38.6 Å². The molecule has 1 aliphatic rings. The van der Waals surface area contributed by atoms with Crippen molar-refractivity contribution in [1.82, 2.24) is 0 Å². The zero-order valence-electron chi connectivity index (χ0n) is 6.94. The number of aliphatic hydroxyl groups excluding tert-OH is 3. The Balaban J connectivity index is 2.63. The SMILES string of the molecule is CC1C[C@@H](C)C(O)C(O)[C@H]1O. The Morgan fingerprint density at radius 1 is 0.818 bits per heavy atom. The van der Waals surface area contributed by atoms with E-state index in [0.29, 0.717) is 0 Å². The second-order valence-electron chi connectivity index (χ2n) is 3.66. The molecule has 11 heavy (non-hydrogen) atoms. The van der Waals surface area contributed by atoms with Gasteiger partial charge in [-0.05, 0) is 18.3 Å². The lowest BCUT2D eigenvalue weighted by molar-refractivity contribution is -0.127. The van der Waals surface area contributed by atoms with Crippen LogP contribution in [0.15, 0.2) is 0 Å². The molecule has 66 valence electrons. The van der Waals surface area contributed by atoms with Crippen molar-refractivity contribution in [3.8, 4) is 0 Å². The quantitative estimate of drug-likeness (QED) is 0.458. The predicted molar refractivity (Wildman–Crippen MR) is 41.0 cm³/mol. The van der Waals surface area contributed by atoms with Crippen molar-refractivity contribution in [1.29, 1.82) is 0 Å². The molecule has 0 aromatic rings. The normalized spacial score (nSPS) is 52.6. The first-order chi connectivity index (χ1) is 5.04. The van der Waals surface area contributed by atoms with E-state index in [9.17, 15) is 15.3 Å². The van der Waals surface area contributed by atoms with Crippen molar-refractivity contribution in [2.75, 3.05) is 0 Å². The van der Waals surface area contributed by atoms with E-state index in [1.165, 1.54) is 0 Å². The van der Waals surface area contributed by atoms with Gasteiger partial charge in [0.05, 0.1) is 12.2 Å². The minimum atomic E-state index is -0.964. The Hall–Kier alpha value is -0.120. The zero-order valence-corrected chi connectivity index (χ0v) is 6.94. The molecule has 3 N–H and O–H groups in total. The van der Waals surface area contributed by atoms with Crippen LogP contribution in [0, 0.1) is 11.8 Å². The maximum absolute atomic E-state index is 9.32. The highest BCUT2D eigenvalue weighted by molar-refractivity contribution is 4.88. The summed E-state index contributed by atoms with van der Waals surface area (Å²) in [7, 11) is 0. The summed E-state index contributed by atoms with van der Waals surface area (Å²) in [6.45, 7) is 3.77. The molecule has 5 atom stereocenters. The van der Waals surface area contributed by atoms with Gasteiger partial charge in [-0.3, -0.25) is 0 Å². The van der Waals surface area contributed by atoms with Gasteiger partial charge in [0.1, 0.15) is 6.10 Å². The molecule has 3 heteroatoms. The number of aliphatic hydroxyl groups is 3. The predicted octanol–water partition coefficient (Wildman–Crippen LogP) is -0.255. The molecule has 1 fully saturated rings. The summed E-state index contributed by atoms with van der Waals surface area (Å²) >= 11 is 0. The summed E-state index contributed by atoms with van der Waals surface area (Å²) < 4.78 is 0. The number of hydrogen-bond acceptors (Lipinski definition) is 3. The molecule has 0 aliphatic heterocycles. The third-order valence-electron chi connectivity index (χ3n) is 2.61. The molecule has 0 aromatic heterocycles. The second-order valence-corrected chi connectivity index (χ2v) is 3.66. The molecule has 0 radical (unpaired) electrons. The molecule has 3 nitrogen and oxygen atoms in total. The molecular weight excluding hydrogens is 144 g/mol. The average Bonchev–Trinajstić information content (AvgIpc) is 1.97. The van der Waals surface area contributed by atoms with Crippen LogP contribution in [-0.2, 0) is 0 Å². The van der Waals surface area contributed by atoms with Gasteiger partial charge in [-0.25, -0.2) is 0 Å². The van der Waals surface area contributed by atoms with Crippen LogP contribution in [0.2, 0.25) is 0 Å². The van der Waals surface area contributed by atoms with Crippen LogP contribution in [0.3, 0.4) is 0 Å². The standard InChI is InChI=1S/C8H16O3/c1-4-3-5(2)7(10)8(11)6(4)9/h4-11H,3H2,1-2H3/t4-,5?,6?,7+,8?/m1/s1. The van der Waals surface area contributed by atoms with E-state index in [1.54, 1.807) is 0 Å². The summed E-state index contributed by atoms with van der Waals surface area (Å²) in [4.78, 5) is 0. The lowest BCUT2D eigenvalue weighted by Gasteiger charge is -2.37. The smallest absolute Gasteiger partial charge is 0.106 e. The topological polar surface area (TPSA) is 60.7 Å². The van der Waals surface area contributed by atoms with Gasteiger partial charge < -0.3 is 15.3 Å². The molecule has 0 saturated heterocycles. The van der Waals surface area contributed by atoms with E-state index in [1.807, 2.05) is 13.8 Å². The first-order valence-electron chi connectivity index (χ1n) is 4.08. The lowest BCUT2D eigenvalue weighted by atomic mass is 9.77. The summed E-state index contributed by atoms with van der Waals surface area (Å²) in [5.41, 5.74) is 0. The highest BCUT2D eigenvalue weighted by Gasteiger charge is 2.38. The Labute approximate surface area is 66.7 Å². The highest BCUT2D eigenvalue weighted by atomic mass is 16.4. The van der Waals surface area contributed by atoms with Gasteiger partial charge in [0, 0.05) is 0 Å². The molecule has 1 aliphatic carbocycles. The van der Waals surface area contributed by atoms with E-state index in [0.717, 1.165) is 6.42 Å². The maximum Gasteiger partial charge on any atom is 0.106 e. The van der Waals surface area contributed by atoms with Crippen molar-refractivity contribution in [3.05, 3.63) is 0 Å². The third-order valence-corrected chi connectivity index (χ3v) is 2.61. The van der Waals surface area contributed by atoms with Crippen molar-refractivity contribution >= 4 is 0 Å². The molecule has 3 unspecified atom stereocenters.